The number of aliphatic hydroxyl groups is 1. The molecule has 2 saturated heterocycles. The number of likely N-dealkylation sites (tertiary alicyclic amines) is 1. The number of carbonyl (C=O) groups is 2. The Morgan fingerprint density at radius 1 is 1.11 bits per heavy atom. The highest BCUT2D eigenvalue weighted by atomic mass is 35.5. The van der Waals surface area contributed by atoms with Crippen LogP contribution in [-0.4, -0.2) is 68.3 Å². The van der Waals surface area contributed by atoms with Gasteiger partial charge in [-0.25, -0.2) is 0 Å². The molecule has 2 aliphatic rings. The Kier molecular flexibility index (Phi) is 8.29. The lowest BCUT2D eigenvalue weighted by atomic mass is 9.94. The van der Waals surface area contributed by atoms with Crippen LogP contribution in [0.5, 0.6) is 11.5 Å². The molecule has 1 N–H and O–H groups in total. The van der Waals surface area contributed by atoms with Crippen molar-refractivity contribution in [2.24, 2.45) is 0 Å². The van der Waals surface area contributed by atoms with Crippen molar-refractivity contribution in [3.63, 3.8) is 0 Å². The van der Waals surface area contributed by atoms with Gasteiger partial charge in [-0.2, -0.15) is 0 Å². The Balaban J connectivity index is 1.86. The number of benzene rings is 2. The van der Waals surface area contributed by atoms with Crippen LogP contribution in [0.15, 0.2) is 42.0 Å². The van der Waals surface area contributed by atoms with Crippen molar-refractivity contribution in [3.8, 4) is 11.5 Å². The third kappa shape index (κ3) is 5.13. The van der Waals surface area contributed by atoms with E-state index in [0.717, 1.165) is 37.2 Å². The molecule has 2 aromatic carbocycles. The van der Waals surface area contributed by atoms with Crippen LogP contribution in [0.1, 0.15) is 43.9 Å². The first-order chi connectivity index (χ1) is 17.8. The number of hydrogen-bond acceptors (Lipinski definition) is 7. The number of anilines is 1. The summed E-state index contributed by atoms with van der Waals surface area (Å²) in [5, 5.41) is 11.8. The highest BCUT2D eigenvalue weighted by Crippen LogP contribution is 2.43. The average molecular weight is 529 g/mol. The van der Waals surface area contributed by atoms with Crippen molar-refractivity contribution in [3.05, 3.63) is 58.1 Å². The summed E-state index contributed by atoms with van der Waals surface area (Å²) in [6.45, 7) is 6.75. The van der Waals surface area contributed by atoms with E-state index in [-0.39, 0.29) is 35.3 Å². The fourth-order valence-corrected chi connectivity index (χ4v) is 5.30. The van der Waals surface area contributed by atoms with Crippen molar-refractivity contribution >= 4 is 34.7 Å². The Bertz CT molecular complexity index is 1190. The molecule has 0 spiro atoms. The summed E-state index contributed by atoms with van der Waals surface area (Å²) in [7, 11) is 2.89. The molecule has 1 amide bonds. The van der Waals surface area contributed by atoms with Crippen LogP contribution in [0.3, 0.4) is 0 Å². The predicted molar refractivity (Wildman–Crippen MR) is 143 cm³/mol. The van der Waals surface area contributed by atoms with Gasteiger partial charge in [0.05, 0.1) is 42.5 Å². The number of amides is 1. The Hall–Kier alpha value is -3.23. The number of ether oxygens (including phenoxy) is 3. The largest absolute Gasteiger partial charge is 0.507 e. The third-order valence-corrected chi connectivity index (χ3v) is 7.33. The van der Waals surface area contributed by atoms with Crippen LogP contribution < -0.4 is 14.4 Å². The number of carbonyl (C=O) groups excluding carboxylic acids is 2. The maximum Gasteiger partial charge on any atom is 0.295 e. The lowest BCUT2D eigenvalue weighted by Crippen LogP contribution is -2.36. The summed E-state index contributed by atoms with van der Waals surface area (Å²) in [5.74, 6) is -1.22. The first kappa shape index (κ1) is 26.8. The molecule has 8 nitrogen and oxygen atoms in total. The molecular weight excluding hydrogens is 496 g/mol. The number of halogens is 1. The van der Waals surface area contributed by atoms with E-state index in [2.05, 4.69) is 18.7 Å². The summed E-state index contributed by atoms with van der Waals surface area (Å²) < 4.78 is 16.5. The third-order valence-electron chi connectivity index (χ3n) is 7.03. The van der Waals surface area contributed by atoms with E-state index in [1.54, 1.807) is 0 Å². The van der Waals surface area contributed by atoms with Crippen LogP contribution >= 0.6 is 11.6 Å². The Morgan fingerprint density at radius 3 is 2.35 bits per heavy atom. The van der Waals surface area contributed by atoms with E-state index in [1.807, 2.05) is 24.3 Å². The number of aliphatic hydroxyl groups excluding tert-OH is 1. The number of ketones is 1. The zero-order valence-electron chi connectivity index (χ0n) is 21.6. The minimum absolute atomic E-state index is 0.0127. The van der Waals surface area contributed by atoms with Crippen LogP contribution in [0, 0.1) is 0 Å². The fourth-order valence-electron chi connectivity index (χ4n) is 5.07. The van der Waals surface area contributed by atoms with Gasteiger partial charge in [-0.05, 0) is 50.5 Å². The molecule has 4 rings (SSSR count). The molecule has 0 aliphatic carbocycles. The van der Waals surface area contributed by atoms with Gasteiger partial charge in [0.1, 0.15) is 17.3 Å². The quantitative estimate of drug-likeness (QED) is 0.284. The lowest BCUT2D eigenvalue weighted by Gasteiger charge is -2.28. The second-order valence-electron chi connectivity index (χ2n) is 9.04. The van der Waals surface area contributed by atoms with Crippen molar-refractivity contribution in [1.29, 1.82) is 0 Å². The van der Waals surface area contributed by atoms with Crippen molar-refractivity contribution in [2.45, 2.75) is 38.8 Å². The van der Waals surface area contributed by atoms with E-state index in [4.69, 9.17) is 25.8 Å². The molecule has 0 saturated carbocycles. The summed E-state index contributed by atoms with van der Waals surface area (Å²) in [5.41, 5.74) is 1.95. The monoisotopic (exact) mass is 528 g/mol. The van der Waals surface area contributed by atoms with E-state index < -0.39 is 17.7 Å². The number of nitrogens with zero attached hydrogens (tertiary/aromatic N) is 2. The average Bonchev–Trinajstić information content (AvgIpc) is 3.51. The van der Waals surface area contributed by atoms with Crippen LogP contribution in [0.25, 0.3) is 5.76 Å². The number of hydrogen-bond donors (Lipinski definition) is 1. The number of Topliss-reactive ketones (excluding diaryl/α,β-unsaturated/α-hetero) is 1. The molecule has 0 radical (unpaired) electrons. The normalized spacial score (nSPS) is 20.9. The minimum Gasteiger partial charge on any atom is -0.507 e. The van der Waals surface area contributed by atoms with E-state index in [9.17, 15) is 14.7 Å². The van der Waals surface area contributed by atoms with Crippen molar-refractivity contribution in [1.82, 2.24) is 4.90 Å². The van der Waals surface area contributed by atoms with Crippen LogP contribution in [0.4, 0.5) is 5.69 Å². The summed E-state index contributed by atoms with van der Waals surface area (Å²) in [6, 6.07) is 9.97. The molecule has 37 heavy (non-hydrogen) atoms. The highest BCUT2D eigenvalue weighted by Gasteiger charge is 2.47. The van der Waals surface area contributed by atoms with Gasteiger partial charge in [-0.3, -0.25) is 9.59 Å². The van der Waals surface area contributed by atoms with E-state index in [1.165, 1.54) is 31.3 Å². The topological polar surface area (TPSA) is 88.5 Å². The van der Waals surface area contributed by atoms with Crippen molar-refractivity contribution < 1.29 is 28.9 Å². The molecule has 9 heteroatoms. The number of rotatable bonds is 9. The molecule has 198 valence electrons. The molecule has 2 aliphatic heterocycles. The molecule has 2 heterocycles. The summed E-state index contributed by atoms with van der Waals surface area (Å²) >= 11 is 6.25. The van der Waals surface area contributed by atoms with Crippen LogP contribution in [-0.2, 0) is 14.3 Å². The van der Waals surface area contributed by atoms with Crippen LogP contribution in [0.2, 0.25) is 5.02 Å². The lowest BCUT2D eigenvalue weighted by molar-refractivity contribution is -0.140. The van der Waals surface area contributed by atoms with Gasteiger partial charge < -0.3 is 29.1 Å². The number of methoxy groups -OCH3 is 2. The molecule has 2 fully saturated rings. The second-order valence-corrected chi connectivity index (χ2v) is 9.44. The molecule has 2 atom stereocenters. The maximum absolute atomic E-state index is 13.4. The van der Waals surface area contributed by atoms with Gasteiger partial charge >= 0.3 is 0 Å². The molecule has 2 aromatic rings. The standard InChI is InChI=1S/C28H33ClN2O6/c1-5-30(6-2)18-11-9-17(10-12-18)25-24(27(33)28(34)31(25)16-19-8-7-13-37-19)26(32)20-14-23(36-4)21(29)15-22(20)35-3/h9-12,14-15,19,25,32H,5-8,13,16H2,1-4H3/b26-24+. The minimum atomic E-state index is -0.790. The van der Waals surface area contributed by atoms with E-state index >= 15 is 0 Å². The summed E-state index contributed by atoms with van der Waals surface area (Å²) in [4.78, 5) is 30.4. The smallest absolute Gasteiger partial charge is 0.295 e. The van der Waals surface area contributed by atoms with Gasteiger partial charge in [0, 0.05) is 38.0 Å². The summed E-state index contributed by atoms with van der Waals surface area (Å²) in [6.07, 6.45) is 1.54. The maximum atomic E-state index is 13.4. The molecule has 2 unspecified atom stereocenters. The van der Waals surface area contributed by atoms with Gasteiger partial charge in [0.25, 0.3) is 11.7 Å². The van der Waals surface area contributed by atoms with Gasteiger partial charge in [0.15, 0.2) is 0 Å². The molecule has 0 aromatic heterocycles. The highest BCUT2D eigenvalue weighted by molar-refractivity contribution is 6.46. The van der Waals surface area contributed by atoms with E-state index in [0.29, 0.717) is 17.4 Å². The Labute approximate surface area is 222 Å². The Morgan fingerprint density at radius 2 is 1.78 bits per heavy atom. The molecular formula is C28H33ClN2O6. The SMILES string of the molecule is CCN(CC)c1ccc(C2/C(=C(\O)c3cc(OC)c(Cl)cc3OC)C(=O)C(=O)N2CC2CCCO2)cc1. The fraction of sp³-hybridized carbons (Fsp3) is 0.429. The van der Waals surface area contributed by atoms with Crippen molar-refractivity contribution in [2.75, 3.05) is 45.4 Å². The second kappa shape index (κ2) is 11.4. The first-order valence-corrected chi connectivity index (χ1v) is 12.9. The zero-order valence-corrected chi connectivity index (χ0v) is 22.4. The van der Waals surface area contributed by atoms with Gasteiger partial charge in [-0.1, -0.05) is 23.7 Å². The zero-order chi connectivity index (χ0) is 26.7. The van der Waals surface area contributed by atoms with Gasteiger partial charge in [-0.15, -0.1) is 0 Å². The first-order valence-electron chi connectivity index (χ1n) is 12.5. The molecule has 0 bridgehead atoms. The predicted octanol–water partition coefficient (Wildman–Crippen LogP) is 4.80. The van der Waals surface area contributed by atoms with Gasteiger partial charge in [0.2, 0.25) is 0 Å².